The van der Waals surface area contributed by atoms with Gasteiger partial charge in [0.1, 0.15) is 10.8 Å². The second-order valence-corrected chi connectivity index (χ2v) is 7.26. The lowest BCUT2D eigenvalue weighted by molar-refractivity contribution is -0.130. The molecule has 138 valence electrons. The van der Waals surface area contributed by atoms with Crippen LogP contribution < -0.4 is 0 Å². The van der Waals surface area contributed by atoms with Crippen LogP contribution in [-0.4, -0.2) is 38.2 Å². The maximum Gasteiger partial charge on any atom is 0.269 e. The molecule has 0 N–H and O–H groups in total. The Morgan fingerprint density at radius 1 is 1.26 bits per heavy atom. The molecular formula is C18H17N5O3S. The Hall–Kier alpha value is -3.07. The number of nitrogens with zero attached hydrogens (tertiary/aromatic N) is 5. The van der Waals surface area contributed by atoms with Gasteiger partial charge in [-0.15, -0.1) is 21.5 Å². The van der Waals surface area contributed by atoms with E-state index in [1.807, 2.05) is 24.3 Å². The normalized spacial score (nSPS) is 11.2. The fraction of sp³-hybridized carbons (Fsp3) is 0.278. The van der Waals surface area contributed by atoms with Gasteiger partial charge in [0.05, 0.1) is 16.8 Å². The Morgan fingerprint density at radius 2 is 2.11 bits per heavy atom. The van der Waals surface area contributed by atoms with Crippen molar-refractivity contribution in [3.05, 3.63) is 47.0 Å². The highest BCUT2D eigenvalue weighted by molar-refractivity contribution is 7.18. The van der Waals surface area contributed by atoms with E-state index < -0.39 is 0 Å². The first-order chi connectivity index (χ1) is 13.1. The Kier molecular flexibility index (Phi) is 4.68. The molecule has 0 aliphatic heterocycles. The van der Waals surface area contributed by atoms with Crippen molar-refractivity contribution in [2.24, 2.45) is 0 Å². The number of fused-ring (bicyclic) bond motifs is 1. The third-order valence-electron chi connectivity index (χ3n) is 4.00. The molecule has 0 spiro atoms. The molecule has 0 unspecified atom stereocenters. The van der Waals surface area contributed by atoms with Gasteiger partial charge in [0, 0.05) is 26.0 Å². The first-order valence-corrected chi connectivity index (χ1v) is 9.24. The highest BCUT2D eigenvalue weighted by Gasteiger charge is 2.16. The highest BCUT2D eigenvalue weighted by atomic mass is 32.1. The average molecular weight is 383 g/mol. The van der Waals surface area contributed by atoms with Gasteiger partial charge in [0.15, 0.2) is 5.69 Å². The van der Waals surface area contributed by atoms with E-state index >= 15 is 0 Å². The minimum Gasteiger partial charge on any atom is -0.419 e. The van der Waals surface area contributed by atoms with E-state index in [4.69, 9.17) is 8.94 Å². The van der Waals surface area contributed by atoms with Crippen LogP contribution in [0.1, 0.15) is 23.1 Å². The Labute approximate surface area is 158 Å². The van der Waals surface area contributed by atoms with Crippen molar-refractivity contribution in [3.63, 3.8) is 0 Å². The number of carbonyl (C=O) groups is 1. The van der Waals surface area contributed by atoms with Crippen LogP contribution in [0.4, 0.5) is 0 Å². The number of benzene rings is 1. The zero-order valence-electron chi connectivity index (χ0n) is 14.9. The van der Waals surface area contributed by atoms with Crippen molar-refractivity contribution in [1.29, 1.82) is 0 Å². The maximum atomic E-state index is 12.4. The zero-order valence-corrected chi connectivity index (χ0v) is 15.7. The Morgan fingerprint density at radius 3 is 2.89 bits per heavy atom. The highest BCUT2D eigenvalue weighted by Crippen LogP contribution is 2.22. The van der Waals surface area contributed by atoms with Gasteiger partial charge in [0.2, 0.25) is 11.8 Å². The number of aromatic nitrogens is 4. The molecule has 9 heteroatoms. The number of hydrogen-bond acceptors (Lipinski definition) is 8. The van der Waals surface area contributed by atoms with Gasteiger partial charge in [-0.2, -0.15) is 0 Å². The molecule has 0 saturated heterocycles. The molecule has 0 aliphatic rings. The summed E-state index contributed by atoms with van der Waals surface area (Å²) in [6.07, 6.45) is 0.647. The third kappa shape index (κ3) is 3.87. The molecule has 3 aromatic heterocycles. The van der Waals surface area contributed by atoms with Crippen LogP contribution in [0.25, 0.3) is 21.8 Å². The van der Waals surface area contributed by atoms with E-state index in [1.165, 1.54) is 0 Å². The predicted octanol–water partition coefficient (Wildman–Crippen LogP) is 3.23. The quantitative estimate of drug-likeness (QED) is 0.504. The lowest BCUT2D eigenvalue weighted by Crippen LogP contribution is -2.26. The monoisotopic (exact) mass is 383 g/mol. The number of carbonyl (C=O) groups excluding carboxylic acids is 1. The summed E-state index contributed by atoms with van der Waals surface area (Å²) in [4.78, 5) is 18.6. The minimum atomic E-state index is -0.00807. The minimum absolute atomic E-state index is 0.00807. The summed E-state index contributed by atoms with van der Waals surface area (Å²) in [5.74, 6) is 1.34. The molecule has 0 bridgehead atoms. The fourth-order valence-corrected chi connectivity index (χ4v) is 3.63. The SMILES string of the molecule is Cc1cc(-c2nnc(CCC(=O)N(C)Cc3nc4ccccc4s3)o2)no1. The van der Waals surface area contributed by atoms with Crippen molar-refractivity contribution < 1.29 is 13.7 Å². The molecule has 27 heavy (non-hydrogen) atoms. The van der Waals surface area contributed by atoms with Gasteiger partial charge in [0.25, 0.3) is 5.89 Å². The number of para-hydroxylation sites is 1. The molecule has 0 fully saturated rings. The van der Waals surface area contributed by atoms with Crippen LogP contribution in [0.2, 0.25) is 0 Å². The van der Waals surface area contributed by atoms with Crippen LogP contribution >= 0.6 is 11.3 Å². The van der Waals surface area contributed by atoms with Crippen molar-refractivity contribution in [3.8, 4) is 11.6 Å². The second kappa shape index (κ2) is 7.28. The van der Waals surface area contributed by atoms with Gasteiger partial charge in [-0.05, 0) is 19.1 Å². The van der Waals surface area contributed by atoms with Crippen molar-refractivity contribution in [1.82, 2.24) is 25.2 Å². The van der Waals surface area contributed by atoms with E-state index in [9.17, 15) is 4.79 Å². The zero-order chi connectivity index (χ0) is 18.8. The lowest BCUT2D eigenvalue weighted by atomic mass is 10.3. The number of amides is 1. The molecule has 0 radical (unpaired) electrons. The van der Waals surface area contributed by atoms with Crippen LogP contribution in [0.15, 0.2) is 39.3 Å². The molecule has 8 nitrogen and oxygen atoms in total. The number of hydrogen-bond donors (Lipinski definition) is 0. The molecule has 0 aliphatic carbocycles. The topological polar surface area (TPSA) is 98.2 Å². The summed E-state index contributed by atoms with van der Waals surface area (Å²) in [6, 6.07) is 9.66. The van der Waals surface area contributed by atoms with Crippen molar-refractivity contribution in [2.75, 3.05) is 7.05 Å². The van der Waals surface area contributed by atoms with Crippen molar-refractivity contribution in [2.45, 2.75) is 26.3 Å². The molecule has 1 aromatic carbocycles. The van der Waals surface area contributed by atoms with E-state index in [2.05, 4.69) is 20.3 Å². The summed E-state index contributed by atoms with van der Waals surface area (Å²) in [5.41, 5.74) is 1.45. The van der Waals surface area contributed by atoms with E-state index in [0.29, 0.717) is 30.3 Å². The third-order valence-corrected chi connectivity index (χ3v) is 5.02. The molecule has 4 rings (SSSR count). The molecule has 0 atom stereocenters. The molecule has 3 heterocycles. The molecule has 1 amide bonds. The number of rotatable bonds is 6. The predicted molar refractivity (Wildman–Crippen MR) is 98.9 cm³/mol. The van der Waals surface area contributed by atoms with Gasteiger partial charge < -0.3 is 13.8 Å². The van der Waals surface area contributed by atoms with Gasteiger partial charge >= 0.3 is 0 Å². The fourth-order valence-electron chi connectivity index (χ4n) is 2.61. The van der Waals surface area contributed by atoms with E-state index in [0.717, 1.165) is 15.2 Å². The van der Waals surface area contributed by atoms with Gasteiger partial charge in [-0.25, -0.2) is 4.98 Å². The standard InChI is InChI=1S/C18H17N5O3S/c1-11-9-13(22-26-11)18-21-20-15(25-18)7-8-17(24)23(2)10-16-19-12-5-3-4-6-14(12)27-16/h3-6,9H,7-8,10H2,1-2H3. The summed E-state index contributed by atoms with van der Waals surface area (Å²) in [5, 5.41) is 12.7. The van der Waals surface area contributed by atoms with Gasteiger partial charge in [-0.3, -0.25) is 4.79 Å². The average Bonchev–Trinajstić information content (AvgIpc) is 3.38. The van der Waals surface area contributed by atoms with Crippen LogP contribution in [0, 0.1) is 6.92 Å². The molecular weight excluding hydrogens is 366 g/mol. The first kappa shape index (κ1) is 17.3. The summed E-state index contributed by atoms with van der Waals surface area (Å²) in [7, 11) is 1.77. The second-order valence-electron chi connectivity index (χ2n) is 6.15. The smallest absolute Gasteiger partial charge is 0.269 e. The Bertz CT molecular complexity index is 1050. The summed E-state index contributed by atoms with van der Waals surface area (Å²) >= 11 is 1.60. The Balaban J connectivity index is 1.34. The number of thiazole rings is 1. The first-order valence-electron chi connectivity index (χ1n) is 8.43. The lowest BCUT2D eigenvalue weighted by Gasteiger charge is -2.14. The number of aryl methyl sites for hydroxylation is 2. The summed E-state index contributed by atoms with van der Waals surface area (Å²) in [6.45, 7) is 2.26. The van der Waals surface area contributed by atoms with Crippen LogP contribution in [0.5, 0.6) is 0 Å². The molecule has 0 saturated carbocycles. The van der Waals surface area contributed by atoms with Crippen molar-refractivity contribution >= 4 is 27.5 Å². The van der Waals surface area contributed by atoms with E-state index in [-0.39, 0.29) is 18.2 Å². The van der Waals surface area contributed by atoms with E-state index in [1.54, 1.807) is 36.3 Å². The maximum absolute atomic E-state index is 12.4. The summed E-state index contributed by atoms with van der Waals surface area (Å²) < 4.78 is 11.7. The van der Waals surface area contributed by atoms with Gasteiger partial charge in [-0.1, -0.05) is 17.3 Å². The largest absolute Gasteiger partial charge is 0.419 e. The molecule has 4 aromatic rings. The van der Waals surface area contributed by atoms with Crippen LogP contribution in [-0.2, 0) is 17.8 Å². The van der Waals surface area contributed by atoms with Crippen LogP contribution in [0.3, 0.4) is 0 Å².